The quantitative estimate of drug-likeness (QED) is 0.505. The highest BCUT2D eigenvalue weighted by molar-refractivity contribution is 6.33. The number of carbonyl (C=O) groups is 1. The van der Waals surface area contributed by atoms with E-state index in [-0.39, 0.29) is 5.78 Å². The molecule has 13 heavy (non-hydrogen) atoms. The minimum atomic E-state index is 0.234. The van der Waals surface area contributed by atoms with E-state index in [1.165, 1.54) is 0 Å². The SMILES string of the molecule is C[B]Cc1ccccc1C(=O)CC. The summed E-state index contributed by atoms with van der Waals surface area (Å²) in [5.74, 6) is 0.234. The normalized spacial score (nSPS) is 9.69. The van der Waals surface area contributed by atoms with Crippen LogP contribution in [0.1, 0.15) is 29.3 Å². The second-order valence-electron chi connectivity index (χ2n) is 3.05. The molecule has 0 fully saturated rings. The largest absolute Gasteiger partial charge is 0.294 e. The predicted molar refractivity (Wildman–Crippen MR) is 56.4 cm³/mol. The van der Waals surface area contributed by atoms with Crippen LogP contribution >= 0.6 is 0 Å². The lowest BCUT2D eigenvalue weighted by Crippen LogP contribution is -2.04. The Morgan fingerprint density at radius 3 is 2.69 bits per heavy atom. The van der Waals surface area contributed by atoms with Gasteiger partial charge in [-0.3, -0.25) is 4.79 Å². The van der Waals surface area contributed by atoms with Crippen molar-refractivity contribution in [2.45, 2.75) is 26.5 Å². The van der Waals surface area contributed by atoms with Gasteiger partial charge >= 0.3 is 0 Å². The lowest BCUT2D eigenvalue weighted by molar-refractivity contribution is 0.0987. The Morgan fingerprint density at radius 1 is 1.38 bits per heavy atom. The third-order valence-electron chi connectivity index (χ3n) is 2.06. The molecule has 1 aromatic carbocycles. The van der Waals surface area contributed by atoms with Crippen LogP contribution in [0.15, 0.2) is 24.3 Å². The highest BCUT2D eigenvalue weighted by Crippen LogP contribution is 2.11. The van der Waals surface area contributed by atoms with Crippen LogP contribution in [0.4, 0.5) is 0 Å². The molecule has 0 spiro atoms. The Labute approximate surface area is 80.4 Å². The molecule has 0 heterocycles. The van der Waals surface area contributed by atoms with E-state index >= 15 is 0 Å². The van der Waals surface area contributed by atoms with Crippen molar-refractivity contribution in [2.24, 2.45) is 0 Å². The number of hydrogen-bond donors (Lipinski definition) is 0. The number of rotatable bonds is 4. The summed E-state index contributed by atoms with van der Waals surface area (Å²) < 4.78 is 0. The Balaban J connectivity index is 2.97. The van der Waals surface area contributed by atoms with E-state index in [4.69, 9.17) is 0 Å². The van der Waals surface area contributed by atoms with Gasteiger partial charge in [0.25, 0.3) is 0 Å². The van der Waals surface area contributed by atoms with Crippen molar-refractivity contribution >= 4 is 13.1 Å². The molecule has 0 aliphatic carbocycles. The first kappa shape index (κ1) is 10.0. The van der Waals surface area contributed by atoms with Crippen LogP contribution in [0.2, 0.25) is 6.82 Å². The number of ketones is 1. The molecule has 67 valence electrons. The maximum atomic E-state index is 11.5. The fraction of sp³-hybridized carbons (Fsp3) is 0.364. The Bertz CT molecular complexity index is 294. The van der Waals surface area contributed by atoms with Crippen LogP contribution in [0.5, 0.6) is 0 Å². The first-order valence-electron chi connectivity index (χ1n) is 4.68. The molecule has 0 saturated heterocycles. The zero-order chi connectivity index (χ0) is 9.68. The number of Topliss-reactive ketones (excluding diaryl/α,β-unsaturated/α-hetero) is 1. The van der Waals surface area contributed by atoms with E-state index in [1.54, 1.807) is 0 Å². The van der Waals surface area contributed by atoms with E-state index in [0.717, 1.165) is 17.4 Å². The van der Waals surface area contributed by atoms with Gasteiger partial charge in [-0.05, 0) is 5.56 Å². The summed E-state index contributed by atoms with van der Waals surface area (Å²) in [4.78, 5) is 11.5. The highest BCUT2D eigenvalue weighted by Gasteiger charge is 2.07. The van der Waals surface area contributed by atoms with E-state index in [9.17, 15) is 4.79 Å². The molecule has 0 aliphatic rings. The van der Waals surface area contributed by atoms with Crippen LogP contribution in [0.3, 0.4) is 0 Å². The van der Waals surface area contributed by atoms with Gasteiger partial charge in [0.15, 0.2) is 5.78 Å². The summed E-state index contributed by atoms with van der Waals surface area (Å²) in [6.45, 7) is 3.90. The van der Waals surface area contributed by atoms with Gasteiger partial charge < -0.3 is 0 Å². The van der Waals surface area contributed by atoms with Gasteiger partial charge in [-0.1, -0.05) is 44.3 Å². The molecule has 0 bridgehead atoms. The van der Waals surface area contributed by atoms with Crippen molar-refractivity contribution in [3.05, 3.63) is 35.4 Å². The molecule has 0 N–H and O–H groups in total. The maximum absolute atomic E-state index is 11.5. The number of benzene rings is 1. The molecule has 1 nitrogen and oxygen atoms in total. The van der Waals surface area contributed by atoms with E-state index in [1.807, 2.05) is 38.0 Å². The number of carbonyl (C=O) groups excluding carboxylic acids is 1. The molecule has 1 rings (SSSR count). The summed E-state index contributed by atoms with van der Waals surface area (Å²) in [7, 11) is 2.07. The fourth-order valence-electron chi connectivity index (χ4n) is 1.38. The topological polar surface area (TPSA) is 17.1 Å². The van der Waals surface area contributed by atoms with Gasteiger partial charge in [0, 0.05) is 12.0 Å². The molecule has 0 aromatic heterocycles. The van der Waals surface area contributed by atoms with Gasteiger partial charge in [-0.2, -0.15) is 0 Å². The average Bonchev–Trinajstić information content (AvgIpc) is 2.18. The zero-order valence-electron chi connectivity index (χ0n) is 8.21. The van der Waals surface area contributed by atoms with Gasteiger partial charge in [-0.25, -0.2) is 0 Å². The van der Waals surface area contributed by atoms with Crippen LogP contribution in [-0.4, -0.2) is 13.1 Å². The summed E-state index contributed by atoms with van der Waals surface area (Å²) in [6.07, 6.45) is 1.46. The highest BCUT2D eigenvalue weighted by atomic mass is 16.1. The molecule has 0 unspecified atom stereocenters. The van der Waals surface area contributed by atoms with Gasteiger partial charge in [0.1, 0.15) is 7.28 Å². The van der Waals surface area contributed by atoms with Crippen molar-refractivity contribution in [1.29, 1.82) is 0 Å². The van der Waals surface area contributed by atoms with Gasteiger partial charge in [0.05, 0.1) is 0 Å². The van der Waals surface area contributed by atoms with Crippen molar-refractivity contribution in [3.63, 3.8) is 0 Å². The summed E-state index contributed by atoms with van der Waals surface area (Å²) in [5.41, 5.74) is 2.01. The van der Waals surface area contributed by atoms with E-state index in [0.29, 0.717) is 6.42 Å². The van der Waals surface area contributed by atoms with Crippen LogP contribution in [0, 0.1) is 0 Å². The third-order valence-corrected chi connectivity index (χ3v) is 2.06. The molecule has 1 aromatic rings. The van der Waals surface area contributed by atoms with Crippen LogP contribution < -0.4 is 0 Å². The van der Waals surface area contributed by atoms with Crippen LogP contribution in [-0.2, 0) is 6.32 Å². The zero-order valence-corrected chi connectivity index (χ0v) is 8.21. The standard InChI is InChI=1S/C11H14BO/c1-3-11(13)10-7-5-4-6-9(10)8-12-2/h4-7H,3,8H2,1-2H3. The predicted octanol–water partition coefficient (Wildman–Crippen LogP) is 2.53. The van der Waals surface area contributed by atoms with E-state index < -0.39 is 0 Å². The molecular formula is C11H14BO. The maximum Gasteiger partial charge on any atom is 0.162 e. The lowest BCUT2D eigenvalue weighted by Gasteiger charge is -2.05. The van der Waals surface area contributed by atoms with Crippen molar-refractivity contribution in [2.75, 3.05) is 0 Å². The smallest absolute Gasteiger partial charge is 0.162 e. The summed E-state index contributed by atoms with van der Waals surface area (Å²) >= 11 is 0. The lowest BCUT2D eigenvalue weighted by atomic mass is 9.73. The Morgan fingerprint density at radius 2 is 2.08 bits per heavy atom. The first-order chi connectivity index (χ1) is 6.29. The molecule has 1 radical (unpaired) electrons. The molecule has 2 heteroatoms. The molecular weight excluding hydrogens is 159 g/mol. The fourth-order valence-corrected chi connectivity index (χ4v) is 1.38. The minimum absolute atomic E-state index is 0.234. The average molecular weight is 173 g/mol. The van der Waals surface area contributed by atoms with Gasteiger partial charge in [-0.15, -0.1) is 0 Å². The Hall–Kier alpha value is -1.05. The van der Waals surface area contributed by atoms with Crippen LogP contribution in [0.25, 0.3) is 0 Å². The van der Waals surface area contributed by atoms with E-state index in [2.05, 4.69) is 7.28 Å². The minimum Gasteiger partial charge on any atom is -0.294 e. The molecule has 0 aliphatic heterocycles. The third kappa shape index (κ3) is 2.45. The molecule has 0 amide bonds. The number of hydrogen-bond acceptors (Lipinski definition) is 1. The second kappa shape index (κ2) is 4.85. The molecule has 0 saturated carbocycles. The summed E-state index contributed by atoms with van der Waals surface area (Å²) in [6, 6.07) is 7.82. The Kier molecular flexibility index (Phi) is 3.75. The monoisotopic (exact) mass is 173 g/mol. The second-order valence-corrected chi connectivity index (χ2v) is 3.05. The van der Waals surface area contributed by atoms with Crippen molar-refractivity contribution in [3.8, 4) is 0 Å². The summed E-state index contributed by atoms with van der Waals surface area (Å²) in [5, 5.41) is 0. The molecule has 0 atom stereocenters. The first-order valence-corrected chi connectivity index (χ1v) is 4.68. The van der Waals surface area contributed by atoms with Gasteiger partial charge in [0.2, 0.25) is 0 Å². The van der Waals surface area contributed by atoms with Crippen molar-refractivity contribution in [1.82, 2.24) is 0 Å². The van der Waals surface area contributed by atoms with Crippen molar-refractivity contribution < 1.29 is 4.79 Å².